The third-order valence-corrected chi connectivity index (χ3v) is 6.87. The average Bonchev–Trinajstić information content (AvgIpc) is 2.89. The van der Waals surface area contributed by atoms with Crippen molar-refractivity contribution >= 4 is 55.8 Å². The Morgan fingerprint density at radius 3 is 1.76 bits per heavy atom. The number of rotatable bonds is 6. The highest BCUT2D eigenvalue weighted by Gasteiger charge is 2.15. The number of nitrogens with one attached hydrogen (secondary N) is 2. The molecule has 0 fully saturated rings. The van der Waals surface area contributed by atoms with E-state index in [0.717, 1.165) is 16.3 Å². The van der Waals surface area contributed by atoms with Gasteiger partial charge in [0.15, 0.2) is 0 Å². The van der Waals surface area contributed by atoms with Crippen molar-refractivity contribution in [3.05, 3.63) is 127 Å². The molecule has 38 heavy (non-hydrogen) atoms. The third-order valence-electron chi connectivity index (χ3n) is 6.40. The minimum Gasteiger partial charge on any atom is -0.309 e. The molecule has 0 atom stereocenters. The summed E-state index contributed by atoms with van der Waals surface area (Å²) in [6.07, 6.45) is 0. The lowest BCUT2D eigenvalue weighted by Crippen LogP contribution is -2.27. The Morgan fingerprint density at radius 1 is 0.632 bits per heavy atom. The quantitative estimate of drug-likeness (QED) is 0.277. The number of aromatic nitrogens is 4. The molecule has 0 aliphatic heterocycles. The van der Waals surface area contributed by atoms with E-state index in [9.17, 15) is 9.59 Å². The fourth-order valence-corrected chi connectivity index (χ4v) is 5.00. The molecule has 0 saturated heterocycles. The molecular formula is C29H21Cl2N5O2. The second kappa shape index (κ2) is 10.0. The van der Waals surface area contributed by atoms with Crippen LogP contribution in [0.25, 0.3) is 32.6 Å². The van der Waals surface area contributed by atoms with Crippen LogP contribution in [0, 0.1) is 0 Å². The maximum atomic E-state index is 12.8. The maximum absolute atomic E-state index is 12.8. The number of aromatic amines is 2. The van der Waals surface area contributed by atoms with Crippen LogP contribution in [-0.4, -0.2) is 24.8 Å². The first-order chi connectivity index (χ1) is 18.4. The van der Waals surface area contributed by atoms with E-state index >= 15 is 0 Å². The molecule has 2 aromatic heterocycles. The molecule has 0 unspecified atom stereocenters. The molecule has 6 rings (SSSR count). The van der Waals surface area contributed by atoms with Gasteiger partial charge in [-0.3, -0.25) is 14.5 Å². The van der Waals surface area contributed by atoms with Gasteiger partial charge in [0.2, 0.25) is 0 Å². The smallest absolute Gasteiger partial charge is 0.258 e. The van der Waals surface area contributed by atoms with Crippen molar-refractivity contribution in [1.82, 2.24) is 24.8 Å². The van der Waals surface area contributed by atoms with Crippen molar-refractivity contribution in [2.45, 2.75) is 19.6 Å². The van der Waals surface area contributed by atoms with Crippen LogP contribution in [0.4, 0.5) is 0 Å². The largest absolute Gasteiger partial charge is 0.309 e. The summed E-state index contributed by atoms with van der Waals surface area (Å²) in [6, 6.07) is 24.6. The molecule has 0 spiro atoms. The summed E-state index contributed by atoms with van der Waals surface area (Å²) in [4.78, 5) is 42.7. The van der Waals surface area contributed by atoms with Crippen LogP contribution in [-0.2, 0) is 19.6 Å². The fraction of sp³-hybridized carbons (Fsp3) is 0.103. The van der Waals surface area contributed by atoms with E-state index in [1.807, 2.05) is 12.1 Å². The van der Waals surface area contributed by atoms with Gasteiger partial charge in [-0.2, -0.15) is 0 Å². The van der Waals surface area contributed by atoms with E-state index in [0.29, 0.717) is 63.1 Å². The highest BCUT2D eigenvalue weighted by molar-refractivity contribution is 6.31. The minimum absolute atomic E-state index is 0.257. The van der Waals surface area contributed by atoms with Crippen molar-refractivity contribution in [1.29, 1.82) is 0 Å². The second-order valence-electron chi connectivity index (χ2n) is 9.17. The molecule has 9 heteroatoms. The predicted octanol–water partition coefficient (Wildman–Crippen LogP) is 5.82. The summed E-state index contributed by atoms with van der Waals surface area (Å²) >= 11 is 12.1. The fourth-order valence-electron chi connectivity index (χ4n) is 4.66. The highest BCUT2D eigenvalue weighted by atomic mass is 35.5. The minimum atomic E-state index is -0.257. The summed E-state index contributed by atoms with van der Waals surface area (Å²) < 4.78 is 0. The Morgan fingerprint density at radius 2 is 1.18 bits per heavy atom. The molecule has 0 saturated carbocycles. The van der Waals surface area contributed by atoms with Gasteiger partial charge in [0.25, 0.3) is 11.1 Å². The van der Waals surface area contributed by atoms with Crippen molar-refractivity contribution in [3.8, 4) is 0 Å². The Balaban J connectivity index is 1.38. The number of hydrogen-bond acceptors (Lipinski definition) is 5. The topological polar surface area (TPSA) is 94.7 Å². The van der Waals surface area contributed by atoms with Crippen LogP contribution >= 0.6 is 23.2 Å². The van der Waals surface area contributed by atoms with Crippen LogP contribution in [0.1, 0.15) is 17.2 Å². The molecule has 0 aliphatic rings. The van der Waals surface area contributed by atoms with E-state index in [4.69, 9.17) is 23.2 Å². The highest BCUT2D eigenvalue weighted by Crippen LogP contribution is 2.20. The standard InChI is InChI=1S/C29H21Cl2N5O2/c30-20-7-9-24-22(12-20)28(37)34-26(32-24)15-36(14-17-5-6-18-3-1-2-4-19(18)11-17)16-27-33-25-10-8-21(31)13-23(25)29(38)35-27/h1-13H,14-16H2,(H,32,34,37)(H,33,35,38). The molecular weight excluding hydrogens is 521 g/mol. The normalized spacial score (nSPS) is 11.7. The van der Waals surface area contributed by atoms with E-state index in [2.05, 4.69) is 55.2 Å². The predicted molar refractivity (Wildman–Crippen MR) is 152 cm³/mol. The SMILES string of the molecule is O=c1[nH]c(CN(Cc2ccc3ccccc3c2)Cc2nc3ccc(Cl)cc3c(=O)[nH]2)nc2ccc(Cl)cc12. The van der Waals surface area contributed by atoms with Gasteiger partial charge in [-0.05, 0) is 58.8 Å². The number of benzene rings is 4. The molecule has 0 bridgehead atoms. The van der Waals surface area contributed by atoms with E-state index in [1.54, 1.807) is 36.4 Å². The first-order valence-electron chi connectivity index (χ1n) is 12.0. The molecule has 0 radical (unpaired) electrons. The third kappa shape index (κ3) is 5.04. The summed E-state index contributed by atoms with van der Waals surface area (Å²) in [5.74, 6) is 1.00. The first-order valence-corrected chi connectivity index (χ1v) is 12.7. The second-order valence-corrected chi connectivity index (χ2v) is 10.0. The van der Waals surface area contributed by atoms with Gasteiger partial charge in [0, 0.05) is 16.6 Å². The lowest BCUT2D eigenvalue weighted by Gasteiger charge is -2.22. The molecule has 188 valence electrons. The number of halogens is 2. The number of fused-ring (bicyclic) bond motifs is 3. The van der Waals surface area contributed by atoms with Crippen molar-refractivity contribution < 1.29 is 0 Å². The van der Waals surface area contributed by atoms with Crippen LogP contribution in [0.3, 0.4) is 0 Å². The van der Waals surface area contributed by atoms with Gasteiger partial charge >= 0.3 is 0 Å². The summed E-state index contributed by atoms with van der Waals surface area (Å²) in [6.45, 7) is 1.18. The molecule has 0 amide bonds. The molecule has 0 aliphatic carbocycles. The first kappa shape index (κ1) is 24.3. The van der Waals surface area contributed by atoms with E-state index in [-0.39, 0.29) is 11.1 Å². The Hall–Kier alpha value is -4.04. The number of hydrogen-bond donors (Lipinski definition) is 2. The lowest BCUT2D eigenvalue weighted by molar-refractivity contribution is 0.235. The van der Waals surface area contributed by atoms with Crippen molar-refractivity contribution in [3.63, 3.8) is 0 Å². The summed E-state index contributed by atoms with van der Waals surface area (Å²) in [5, 5.41) is 4.10. The molecule has 6 aromatic rings. The van der Waals surface area contributed by atoms with Gasteiger partial charge in [-0.15, -0.1) is 0 Å². The maximum Gasteiger partial charge on any atom is 0.258 e. The van der Waals surface area contributed by atoms with Crippen LogP contribution < -0.4 is 11.1 Å². The van der Waals surface area contributed by atoms with Gasteiger partial charge in [0.1, 0.15) is 11.6 Å². The Kier molecular flexibility index (Phi) is 6.41. The zero-order valence-corrected chi connectivity index (χ0v) is 21.6. The van der Waals surface area contributed by atoms with Gasteiger partial charge in [-0.1, -0.05) is 59.6 Å². The van der Waals surface area contributed by atoms with Crippen LogP contribution in [0.15, 0.2) is 88.5 Å². The van der Waals surface area contributed by atoms with Crippen LogP contribution in [0.2, 0.25) is 10.0 Å². The average molecular weight is 542 g/mol. The number of H-pyrrole nitrogens is 2. The molecule has 2 heterocycles. The van der Waals surface area contributed by atoms with Crippen molar-refractivity contribution in [2.75, 3.05) is 0 Å². The summed E-state index contributed by atoms with van der Waals surface area (Å²) in [7, 11) is 0. The molecule has 7 nitrogen and oxygen atoms in total. The Labute approximate surface area is 226 Å². The molecule has 4 aromatic carbocycles. The van der Waals surface area contributed by atoms with Gasteiger partial charge < -0.3 is 9.97 Å². The molecule has 2 N–H and O–H groups in total. The zero-order valence-electron chi connectivity index (χ0n) is 20.0. The lowest BCUT2D eigenvalue weighted by atomic mass is 10.1. The number of nitrogens with zero attached hydrogens (tertiary/aromatic N) is 3. The van der Waals surface area contributed by atoms with E-state index in [1.165, 1.54) is 0 Å². The monoisotopic (exact) mass is 541 g/mol. The Bertz CT molecular complexity index is 1850. The summed E-state index contributed by atoms with van der Waals surface area (Å²) in [5.41, 5.74) is 1.69. The zero-order chi connectivity index (χ0) is 26.2. The van der Waals surface area contributed by atoms with E-state index < -0.39 is 0 Å². The van der Waals surface area contributed by atoms with Gasteiger partial charge in [0.05, 0.1) is 34.9 Å². The van der Waals surface area contributed by atoms with Gasteiger partial charge in [-0.25, -0.2) is 9.97 Å². The van der Waals surface area contributed by atoms with Crippen molar-refractivity contribution in [2.24, 2.45) is 0 Å². The van der Waals surface area contributed by atoms with Crippen LogP contribution in [0.5, 0.6) is 0 Å².